The number of guanidine groups is 1. The van der Waals surface area contributed by atoms with Crippen molar-refractivity contribution in [2.24, 2.45) is 4.99 Å². The van der Waals surface area contributed by atoms with Gasteiger partial charge in [0.2, 0.25) is 0 Å². The fourth-order valence-electron chi connectivity index (χ4n) is 1.61. The molecule has 1 rings (SSSR count). The SMILES string of the molecule is CN=C(NCCCOc1ccc(OC)cc1)NC(C)C.I. The van der Waals surface area contributed by atoms with E-state index in [1.807, 2.05) is 24.3 Å². The second kappa shape index (κ2) is 11.5. The summed E-state index contributed by atoms with van der Waals surface area (Å²) >= 11 is 0. The molecule has 2 N–H and O–H groups in total. The van der Waals surface area contributed by atoms with E-state index in [0.717, 1.165) is 30.4 Å². The predicted octanol–water partition coefficient (Wildman–Crippen LogP) is 2.66. The molecule has 1 aromatic carbocycles. The number of methoxy groups -OCH3 is 1. The Morgan fingerprint density at radius 2 is 1.81 bits per heavy atom. The molecule has 1 aromatic rings. The highest BCUT2D eigenvalue weighted by Crippen LogP contribution is 2.16. The Labute approximate surface area is 144 Å². The van der Waals surface area contributed by atoms with Gasteiger partial charge in [0.05, 0.1) is 13.7 Å². The average molecular weight is 407 g/mol. The maximum Gasteiger partial charge on any atom is 0.191 e. The van der Waals surface area contributed by atoms with Crippen LogP contribution < -0.4 is 20.1 Å². The summed E-state index contributed by atoms with van der Waals surface area (Å²) in [6, 6.07) is 7.97. The summed E-state index contributed by atoms with van der Waals surface area (Å²) in [6.45, 7) is 5.65. The van der Waals surface area contributed by atoms with Gasteiger partial charge in [-0.2, -0.15) is 0 Å². The van der Waals surface area contributed by atoms with E-state index in [2.05, 4.69) is 29.5 Å². The van der Waals surface area contributed by atoms with Gasteiger partial charge in [-0.1, -0.05) is 0 Å². The average Bonchev–Trinajstić information content (AvgIpc) is 2.46. The van der Waals surface area contributed by atoms with E-state index in [4.69, 9.17) is 9.47 Å². The third kappa shape index (κ3) is 8.64. The molecule has 0 aromatic heterocycles. The van der Waals surface area contributed by atoms with Crippen molar-refractivity contribution in [3.05, 3.63) is 24.3 Å². The van der Waals surface area contributed by atoms with Gasteiger partial charge in [-0.25, -0.2) is 0 Å². The molecule has 0 aliphatic rings. The third-order valence-electron chi connectivity index (χ3n) is 2.59. The van der Waals surface area contributed by atoms with Crippen LogP contribution in [0.1, 0.15) is 20.3 Å². The fourth-order valence-corrected chi connectivity index (χ4v) is 1.61. The monoisotopic (exact) mass is 407 g/mol. The Balaban J connectivity index is 0.00000400. The van der Waals surface area contributed by atoms with Crippen molar-refractivity contribution in [3.63, 3.8) is 0 Å². The molecule has 0 bridgehead atoms. The zero-order valence-corrected chi connectivity index (χ0v) is 15.5. The lowest BCUT2D eigenvalue weighted by atomic mass is 10.3. The molecule has 0 aliphatic heterocycles. The van der Waals surface area contributed by atoms with Gasteiger partial charge in [0.15, 0.2) is 5.96 Å². The molecule has 6 heteroatoms. The minimum atomic E-state index is 0. The van der Waals surface area contributed by atoms with Crippen molar-refractivity contribution in [1.82, 2.24) is 10.6 Å². The largest absolute Gasteiger partial charge is 0.497 e. The van der Waals surface area contributed by atoms with E-state index in [9.17, 15) is 0 Å². The number of nitrogens with one attached hydrogen (secondary N) is 2. The Hall–Kier alpha value is -1.18. The van der Waals surface area contributed by atoms with Crippen LogP contribution >= 0.6 is 24.0 Å². The smallest absolute Gasteiger partial charge is 0.191 e. The van der Waals surface area contributed by atoms with Gasteiger partial charge in [0.1, 0.15) is 11.5 Å². The minimum absolute atomic E-state index is 0. The zero-order chi connectivity index (χ0) is 14.8. The molecular weight excluding hydrogens is 381 g/mol. The molecule has 0 spiro atoms. The van der Waals surface area contributed by atoms with Crippen LogP contribution in [0.15, 0.2) is 29.3 Å². The number of halogens is 1. The number of hydrogen-bond acceptors (Lipinski definition) is 3. The Bertz CT molecular complexity index is 408. The van der Waals surface area contributed by atoms with Crippen LogP contribution in [0, 0.1) is 0 Å². The van der Waals surface area contributed by atoms with E-state index >= 15 is 0 Å². The number of rotatable bonds is 7. The first-order valence-electron chi connectivity index (χ1n) is 6.89. The molecule has 5 nitrogen and oxygen atoms in total. The molecule has 0 radical (unpaired) electrons. The first kappa shape index (κ1) is 19.8. The number of aliphatic imine (C=N–C) groups is 1. The minimum Gasteiger partial charge on any atom is -0.497 e. The molecular formula is C15H26IN3O2. The first-order valence-corrected chi connectivity index (χ1v) is 6.89. The van der Waals surface area contributed by atoms with Gasteiger partial charge in [-0.3, -0.25) is 4.99 Å². The second-order valence-corrected chi connectivity index (χ2v) is 4.68. The van der Waals surface area contributed by atoms with Gasteiger partial charge in [0.25, 0.3) is 0 Å². The van der Waals surface area contributed by atoms with E-state index in [1.165, 1.54) is 0 Å². The van der Waals surface area contributed by atoms with Crippen molar-refractivity contribution < 1.29 is 9.47 Å². The highest BCUT2D eigenvalue weighted by Gasteiger charge is 1.99. The van der Waals surface area contributed by atoms with Gasteiger partial charge < -0.3 is 20.1 Å². The lowest BCUT2D eigenvalue weighted by Crippen LogP contribution is -2.41. The van der Waals surface area contributed by atoms with Crippen LogP contribution in [0.2, 0.25) is 0 Å². The van der Waals surface area contributed by atoms with E-state index < -0.39 is 0 Å². The van der Waals surface area contributed by atoms with Crippen LogP contribution in [0.5, 0.6) is 11.5 Å². The molecule has 21 heavy (non-hydrogen) atoms. The number of ether oxygens (including phenoxy) is 2. The van der Waals surface area contributed by atoms with Crippen LogP contribution in [-0.2, 0) is 0 Å². The van der Waals surface area contributed by atoms with Crippen molar-refractivity contribution in [2.75, 3.05) is 27.3 Å². The maximum atomic E-state index is 5.65. The van der Waals surface area contributed by atoms with Gasteiger partial charge >= 0.3 is 0 Å². The van der Waals surface area contributed by atoms with Crippen molar-refractivity contribution in [2.45, 2.75) is 26.3 Å². The summed E-state index contributed by atoms with van der Waals surface area (Å²) in [5.41, 5.74) is 0. The second-order valence-electron chi connectivity index (χ2n) is 4.68. The molecule has 0 heterocycles. The Morgan fingerprint density at radius 1 is 1.19 bits per heavy atom. The van der Waals surface area contributed by atoms with Gasteiger partial charge in [-0.05, 0) is 44.5 Å². The van der Waals surface area contributed by atoms with Crippen molar-refractivity contribution >= 4 is 29.9 Å². The quantitative estimate of drug-likeness (QED) is 0.316. The van der Waals surface area contributed by atoms with Gasteiger partial charge in [0, 0.05) is 19.6 Å². The molecule has 120 valence electrons. The van der Waals surface area contributed by atoms with Crippen LogP contribution in [-0.4, -0.2) is 39.3 Å². The highest BCUT2D eigenvalue weighted by molar-refractivity contribution is 14.0. The van der Waals surface area contributed by atoms with E-state index in [1.54, 1.807) is 14.2 Å². The van der Waals surface area contributed by atoms with Gasteiger partial charge in [-0.15, -0.1) is 24.0 Å². The van der Waals surface area contributed by atoms with E-state index in [-0.39, 0.29) is 24.0 Å². The standard InChI is InChI=1S/C15H25N3O2.HI/c1-12(2)18-15(16-3)17-10-5-11-20-14-8-6-13(19-4)7-9-14;/h6-9,12H,5,10-11H2,1-4H3,(H2,16,17,18);1H. The lowest BCUT2D eigenvalue weighted by Gasteiger charge is -2.14. The normalized spacial score (nSPS) is 10.8. The van der Waals surface area contributed by atoms with E-state index in [0.29, 0.717) is 12.6 Å². The first-order chi connectivity index (χ1) is 9.65. The molecule has 0 aliphatic carbocycles. The summed E-state index contributed by atoms with van der Waals surface area (Å²) in [4.78, 5) is 4.14. The number of benzene rings is 1. The Morgan fingerprint density at radius 3 is 2.33 bits per heavy atom. The summed E-state index contributed by atoms with van der Waals surface area (Å²) < 4.78 is 10.7. The van der Waals surface area contributed by atoms with Crippen LogP contribution in [0.3, 0.4) is 0 Å². The Kier molecular flexibility index (Phi) is 10.8. The van der Waals surface area contributed by atoms with Crippen LogP contribution in [0.25, 0.3) is 0 Å². The molecule has 0 saturated heterocycles. The number of hydrogen-bond donors (Lipinski definition) is 2. The van der Waals surface area contributed by atoms with Crippen molar-refractivity contribution in [3.8, 4) is 11.5 Å². The molecule has 0 unspecified atom stereocenters. The summed E-state index contributed by atoms with van der Waals surface area (Å²) in [5, 5.41) is 6.48. The molecule has 0 amide bonds. The molecule has 0 fully saturated rings. The third-order valence-corrected chi connectivity index (χ3v) is 2.59. The number of nitrogens with zero attached hydrogens (tertiary/aromatic N) is 1. The topological polar surface area (TPSA) is 54.9 Å². The summed E-state index contributed by atoms with van der Waals surface area (Å²) in [6.07, 6.45) is 0.908. The predicted molar refractivity (Wildman–Crippen MR) is 98.2 cm³/mol. The van der Waals surface area contributed by atoms with Crippen molar-refractivity contribution in [1.29, 1.82) is 0 Å². The summed E-state index contributed by atoms with van der Waals surface area (Å²) in [5.74, 6) is 2.52. The highest BCUT2D eigenvalue weighted by atomic mass is 127. The molecule has 0 saturated carbocycles. The summed E-state index contributed by atoms with van der Waals surface area (Å²) in [7, 11) is 3.42. The zero-order valence-electron chi connectivity index (χ0n) is 13.2. The van der Waals surface area contributed by atoms with Crippen LogP contribution in [0.4, 0.5) is 0 Å². The maximum absolute atomic E-state index is 5.65. The molecule has 0 atom stereocenters. The fraction of sp³-hybridized carbons (Fsp3) is 0.533. The lowest BCUT2D eigenvalue weighted by molar-refractivity contribution is 0.310.